The van der Waals surface area contributed by atoms with Crippen LogP contribution in [-0.2, 0) is 4.79 Å². The van der Waals surface area contributed by atoms with Crippen molar-refractivity contribution < 1.29 is 18.7 Å². The molecule has 0 aliphatic heterocycles. The van der Waals surface area contributed by atoms with Crippen molar-refractivity contribution in [3.05, 3.63) is 48.2 Å². The van der Waals surface area contributed by atoms with Gasteiger partial charge < -0.3 is 10.4 Å². The van der Waals surface area contributed by atoms with Crippen molar-refractivity contribution in [1.29, 1.82) is 0 Å². The number of amides is 1. The molecule has 2 atom stereocenters. The molecule has 1 fully saturated rings. The van der Waals surface area contributed by atoms with Gasteiger partial charge in [0, 0.05) is 41.4 Å². The lowest BCUT2D eigenvalue weighted by Crippen LogP contribution is -2.18. The average molecular weight is 438 g/mol. The van der Waals surface area contributed by atoms with E-state index >= 15 is 0 Å². The topological polar surface area (TPSA) is 105 Å². The molecule has 164 valence electrons. The highest BCUT2D eigenvalue weighted by Crippen LogP contribution is 2.49. The van der Waals surface area contributed by atoms with Gasteiger partial charge in [-0.15, -0.1) is 0 Å². The molecular weight excluding hydrogens is 418 g/mol. The molecule has 32 heavy (non-hydrogen) atoms. The molecule has 0 spiro atoms. The molecule has 2 N–H and O–H groups in total. The number of hydrogen-bond donors (Lipinski definition) is 2. The summed E-state index contributed by atoms with van der Waals surface area (Å²) in [4.78, 5) is 25.0. The Kier molecular flexibility index (Phi) is 4.63. The number of carbonyl (C=O) groups is 1. The van der Waals surface area contributed by atoms with Crippen LogP contribution in [0.2, 0.25) is 0 Å². The molecule has 5 rings (SSSR count). The third kappa shape index (κ3) is 3.36. The summed E-state index contributed by atoms with van der Waals surface area (Å²) in [6, 6.07) is 5.34. The van der Waals surface area contributed by atoms with Gasteiger partial charge in [0.25, 0.3) is 5.92 Å². The van der Waals surface area contributed by atoms with Crippen LogP contribution in [0.1, 0.15) is 37.1 Å². The normalized spacial score (nSPS) is 18.1. The second-order valence-electron chi connectivity index (χ2n) is 8.04. The van der Waals surface area contributed by atoms with Crippen LogP contribution >= 0.6 is 0 Å². The first kappa shape index (κ1) is 20.4. The summed E-state index contributed by atoms with van der Waals surface area (Å²) in [6.07, 6.45) is 4.18. The molecule has 4 aromatic heterocycles. The van der Waals surface area contributed by atoms with Crippen LogP contribution in [0.3, 0.4) is 0 Å². The molecule has 1 unspecified atom stereocenters. The maximum absolute atomic E-state index is 13.2. The monoisotopic (exact) mass is 438 g/mol. The van der Waals surface area contributed by atoms with Gasteiger partial charge in [-0.25, -0.2) is 23.3 Å². The predicted octanol–water partition coefficient (Wildman–Crippen LogP) is 3.69. The number of hydrogen-bond acceptors (Lipinski definition) is 6. The van der Waals surface area contributed by atoms with Crippen molar-refractivity contribution in [1.82, 2.24) is 24.6 Å². The smallest absolute Gasteiger partial charge is 0.260 e. The van der Waals surface area contributed by atoms with E-state index in [0.717, 1.165) is 22.1 Å². The van der Waals surface area contributed by atoms with Crippen LogP contribution in [0.5, 0.6) is 0 Å². The van der Waals surface area contributed by atoms with Crippen molar-refractivity contribution in [2.75, 3.05) is 5.32 Å². The van der Waals surface area contributed by atoms with Crippen LogP contribution < -0.4 is 5.32 Å². The second kappa shape index (κ2) is 7.27. The van der Waals surface area contributed by atoms with E-state index < -0.39 is 30.3 Å². The minimum atomic E-state index is -2.94. The first-order valence-corrected chi connectivity index (χ1v) is 10.2. The molecule has 1 saturated carbocycles. The van der Waals surface area contributed by atoms with Gasteiger partial charge in [0.15, 0.2) is 5.65 Å². The largest absolute Gasteiger partial charge is 0.387 e. The number of aliphatic hydroxyl groups excluding tert-OH is 1. The first-order chi connectivity index (χ1) is 15.3. The molecule has 4 aromatic rings. The highest BCUT2D eigenvalue weighted by atomic mass is 19.3. The van der Waals surface area contributed by atoms with E-state index in [2.05, 4.69) is 25.4 Å². The highest BCUT2D eigenvalue weighted by molar-refractivity contribution is 5.97. The lowest BCUT2D eigenvalue weighted by atomic mass is 10.0. The van der Waals surface area contributed by atoms with Gasteiger partial charge in [-0.05, 0) is 31.0 Å². The summed E-state index contributed by atoms with van der Waals surface area (Å²) >= 11 is 0. The molecule has 1 aliphatic carbocycles. The average Bonchev–Trinajstić information content (AvgIpc) is 3.18. The van der Waals surface area contributed by atoms with Gasteiger partial charge in [-0.3, -0.25) is 9.78 Å². The summed E-state index contributed by atoms with van der Waals surface area (Å²) < 4.78 is 28.0. The Hall–Kier alpha value is -3.53. The van der Waals surface area contributed by atoms with Crippen LogP contribution in [0.4, 0.5) is 14.6 Å². The zero-order valence-corrected chi connectivity index (χ0v) is 17.4. The van der Waals surface area contributed by atoms with Gasteiger partial charge in [0.2, 0.25) is 5.91 Å². The van der Waals surface area contributed by atoms with E-state index in [1.54, 1.807) is 23.0 Å². The number of aliphatic hydroxyl groups is 1. The number of fused-ring (bicyclic) bond motifs is 3. The maximum atomic E-state index is 13.2. The van der Waals surface area contributed by atoms with Gasteiger partial charge in [0.05, 0.1) is 17.3 Å². The molecule has 0 radical (unpaired) electrons. The number of aromatic nitrogens is 5. The number of rotatable bonds is 5. The van der Waals surface area contributed by atoms with Crippen LogP contribution in [-0.4, -0.2) is 41.5 Å². The highest BCUT2D eigenvalue weighted by Gasteiger charge is 2.61. The van der Waals surface area contributed by atoms with Gasteiger partial charge in [-0.1, -0.05) is 6.92 Å². The molecule has 8 nitrogen and oxygen atoms in total. The Morgan fingerprint density at radius 2 is 2.03 bits per heavy atom. The zero-order chi connectivity index (χ0) is 22.6. The fraction of sp³-hybridized carbons (Fsp3) is 0.318. The molecule has 0 bridgehead atoms. The summed E-state index contributed by atoms with van der Waals surface area (Å²) in [7, 11) is 0. The van der Waals surface area contributed by atoms with Gasteiger partial charge in [-0.2, -0.15) is 5.10 Å². The van der Waals surface area contributed by atoms with E-state index in [0.29, 0.717) is 23.3 Å². The molecule has 1 amide bonds. The molecule has 0 aromatic carbocycles. The summed E-state index contributed by atoms with van der Waals surface area (Å²) in [5.41, 5.74) is 4.35. The molecular formula is C22H20F2N6O2. The second-order valence-corrected chi connectivity index (χ2v) is 8.04. The lowest BCUT2D eigenvalue weighted by molar-refractivity contribution is -0.119. The molecule has 1 aliphatic rings. The van der Waals surface area contributed by atoms with Crippen molar-refractivity contribution in [2.45, 2.75) is 38.7 Å². The number of pyridine rings is 3. The summed E-state index contributed by atoms with van der Waals surface area (Å²) in [6.45, 7) is 3.82. The third-order valence-corrected chi connectivity index (χ3v) is 5.77. The quantitative estimate of drug-likeness (QED) is 0.492. The van der Waals surface area contributed by atoms with E-state index in [-0.39, 0.29) is 5.82 Å². The standard InChI is InChI=1S/C22H20F2N6O2/c1-3-18(31)16-4-11(2)14(9-25-16)13-5-12-8-26-19(29-21(32)15-7-22(15,23)24)6-17(12)30-20(13)27-10-28-30/h4-6,8-10,15,18,31H,3,7H2,1-2H3,(H,26,29,32)/t15?,18-/m0/s1. The fourth-order valence-electron chi connectivity index (χ4n) is 3.80. The van der Waals surface area contributed by atoms with E-state index in [1.165, 1.54) is 6.33 Å². The number of nitrogens with zero attached hydrogens (tertiary/aromatic N) is 5. The number of nitrogens with one attached hydrogen (secondary N) is 1. The van der Waals surface area contributed by atoms with Crippen LogP contribution in [0.25, 0.3) is 27.7 Å². The Balaban J connectivity index is 1.56. The van der Waals surface area contributed by atoms with Crippen LogP contribution in [0, 0.1) is 12.8 Å². The van der Waals surface area contributed by atoms with E-state index in [4.69, 9.17) is 0 Å². The molecule has 4 heterocycles. The SMILES string of the molecule is CC[C@H](O)c1cc(C)c(-c2cc3cnc(NC(=O)C4CC4(F)F)cc3n3ncnc23)cn1. The Morgan fingerprint density at radius 1 is 1.25 bits per heavy atom. The number of halogens is 2. The number of aryl methyl sites for hydroxylation is 1. The number of alkyl halides is 2. The molecule has 10 heteroatoms. The zero-order valence-electron chi connectivity index (χ0n) is 17.4. The van der Waals surface area contributed by atoms with Gasteiger partial charge >= 0.3 is 0 Å². The van der Waals surface area contributed by atoms with Crippen molar-refractivity contribution in [3.63, 3.8) is 0 Å². The van der Waals surface area contributed by atoms with Gasteiger partial charge in [0.1, 0.15) is 18.1 Å². The fourth-order valence-corrected chi connectivity index (χ4v) is 3.80. The van der Waals surface area contributed by atoms with Crippen molar-refractivity contribution >= 4 is 28.3 Å². The predicted molar refractivity (Wildman–Crippen MR) is 113 cm³/mol. The van der Waals surface area contributed by atoms with Crippen molar-refractivity contribution in [3.8, 4) is 11.1 Å². The first-order valence-electron chi connectivity index (χ1n) is 10.2. The number of anilines is 1. The minimum absolute atomic E-state index is 0.172. The Labute approximate surface area is 181 Å². The van der Waals surface area contributed by atoms with Crippen molar-refractivity contribution in [2.24, 2.45) is 5.92 Å². The van der Waals surface area contributed by atoms with E-state index in [9.17, 15) is 18.7 Å². The van der Waals surface area contributed by atoms with Crippen LogP contribution in [0.15, 0.2) is 36.9 Å². The Bertz CT molecular complexity index is 1370. The lowest BCUT2D eigenvalue weighted by Gasteiger charge is -2.13. The summed E-state index contributed by atoms with van der Waals surface area (Å²) in [5, 5.41) is 17.6. The van der Waals surface area contributed by atoms with E-state index in [1.807, 2.05) is 26.0 Å². The Morgan fingerprint density at radius 3 is 2.72 bits per heavy atom. The minimum Gasteiger partial charge on any atom is -0.387 e. The maximum Gasteiger partial charge on any atom is 0.260 e. The third-order valence-electron chi connectivity index (χ3n) is 5.77. The summed E-state index contributed by atoms with van der Waals surface area (Å²) in [5.74, 6) is -4.82. The number of carbonyl (C=O) groups excluding carboxylic acids is 1. The molecule has 0 saturated heterocycles.